The van der Waals surface area contributed by atoms with Crippen molar-refractivity contribution in [3.05, 3.63) is 35.9 Å². The van der Waals surface area contributed by atoms with Crippen molar-refractivity contribution in [2.75, 3.05) is 45.8 Å². The third-order valence-electron chi connectivity index (χ3n) is 3.47. The van der Waals surface area contributed by atoms with E-state index in [-0.39, 0.29) is 0 Å². The largest absolute Gasteiger partial charge is 0.480 e. The Bertz CT molecular complexity index is 414. The van der Waals surface area contributed by atoms with Crippen LogP contribution in [0.1, 0.15) is 24.9 Å². The second kappa shape index (κ2) is 13.0. The van der Waals surface area contributed by atoms with Gasteiger partial charge in [-0.15, -0.1) is 0 Å². The van der Waals surface area contributed by atoms with Gasteiger partial charge in [0.1, 0.15) is 6.04 Å². The zero-order chi connectivity index (χ0) is 16.8. The van der Waals surface area contributed by atoms with Crippen LogP contribution in [-0.4, -0.2) is 56.9 Å². The van der Waals surface area contributed by atoms with E-state index in [4.69, 9.17) is 0 Å². The second-order valence-corrected chi connectivity index (χ2v) is 5.34. The predicted octanol–water partition coefficient (Wildman–Crippen LogP) is 0.581. The number of rotatable bonds is 14. The third-order valence-corrected chi connectivity index (χ3v) is 3.47. The molecule has 23 heavy (non-hydrogen) atoms. The molecule has 1 aromatic carbocycles. The molecule has 1 rings (SSSR count). The smallest absolute Gasteiger partial charge is 0.325 e. The molecule has 130 valence electrons. The molecule has 0 radical (unpaired) electrons. The fourth-order valence-corrected chi connectivity index (χ4v) is 2.24. The number of hydrogen-bond donors (Lipinski definition) is 5. The van der Waals surface area contributed by atoms with Crippen molar-refractivity contribution in [2.24, 2.45) is 0 Å². The Morgan fingerprint density at radius 3 is 2.17 bits per heavy atom. The van der Waals surface area contributed by atoms with Gasteiger partial charge in [-0.2, -0.15) is 0 Å². The maximum Gasteiger partial charge on any atom is 0.325 e. The Hall–Kier alpha value is -1.47. The zero-order valence-electron chi connectivity index (χ0n) is 14.0. The summed E-state index contributed by atoms with van der Waals surface area (Å²) in [6.45, 7) is 8.41. The number of aliphatic carboxylic acids is 1. The Labute approximate surface area is 139 Å². The summed E-state index contributed by atoms with van der Waals surface area (Å²) in [6, 6.07) is 8.61. The molecule has 0 saturated heterocycles. The van der Waals surface area contributed by atoms with E-state index in [1.807, 2.05) is 30.3 Å². The lowest BCUT2D eigenvalue weighted by atomic mass is 10.1. The highest BCUT2D eigenvalue weighted by molar-refractivity contribution is 5.75. The predicted molar refractivity (Wildman–Crippen MR) is 93.7 cm³/mol. The molecule has 5 N–H and O–H groups in total. The lowest BCUT2D eigenvalue weighted by molar-refractivity contribution is -0.139. The minimum atomic E-state index is -0.846. The highest BCUT2D eigenvalue weighted by Crippen LogP contribution is 2.11. The van der Waals surface area contributed by atoms with Crippen LogP contribution in [0.2, 0.25) is 0 Å². The summed E-state index contributed by atoms with van der Waals surface area (Å²) >= 11 is 0. The number of hydrogen-bond acceptors (Lipinski definition) is 5. The highest BCUT2D eigenvalue weighted by atomic mass is 16.4. The van der Waals surface area contributed by atoms with E-state index in [1.165, 1.54) is 0 Å². The number of likely N-dealkylation sites (N-methyl/N-ethyl adjacent to an activating group) is 1. The molecule has 0 amide bonds. The van der Waals surface area contributed by atoms with Gasteiger partial charge in [0.05, 0.1) is 0 Å². The first-order valence-electron chi connectivity index (χ1n) is 8.39. The Balaban J connectivity index is 2.04. The summed E-state index contributed by atoms with van der Waals surface area (Å²) in [7, 11) is 0. The lowest BCUT2D eigenvalue weighted by Crippen LogP contribution is -2.35. The van der Waals surface area contributed by atoms with Crippen molar-refractivity contribution in [1.82, 2.24) is 21.3 Å². The fraction of sp³-hybridized carbons (Fsp3) is 0.588. The van der Waals surface area contributed by atoms with Gasteiger partial charge in [-0.3, -0.25) is 10.1 Å². The Morgan fingerprint density at radius 1 is 0.957 bits per heavy atom. The SMILES string of the molecule is CCNCCNCCCNCCNC(C(=O)O)c1ccccc1. The van der Waals surface area contributed by atoms with Crippen LogP contribution in [0.5, 0.6) is 0 Å². The van der Waals surface area contributed by atoms with E-state index in [2.05, 4.69) is 28.2 Å². The molecular weight excluding hydrogens is 292 g/mol. The molecule has 0 fully saturated rings. The molecule has 1 aromatic rings. The summed E-state index contributed by atoms with van der Waals surface area (Å²) in [6.07, 6.45) is 1.06. The molecule has 6 heteroatoms. The first kappa shape index (κ1) is 19.6. The molecule has 0 aliphatic rings. The molecule has 0 spiro atoms. The van der Waals surface area contributed by atoms with Crippen molar-refractivity contribution >= 4 is 5.97 Å². The quantitative estimate of drug-likeness (QED) is 0.322. The first-order chi connectivity index (χ1) is 11.3. The van der Waals surface area contributed by atoms with Crippen molar-refractivity contribution in [2.45, 2.75) is 19.4 Å². The molecule has 1 atom stereocenters. The van der Waals surface area contributed by atoms with Crippen molar-refractivity contribution in [3.63, 3.8) is 0 Å². The molecule has 0 bridgehead atoms. The number of nitrogens with one attached hydrogen (secondary N) is 4. The molecule has 0 saturated carbocycles. The molecule has 0 aliphatic heterocycles. The summed E-state index contributed by atoms with van der Waals surface area (Å²) in [4.78, 5) is 11.3. The topological polar surface area (TPSA) is 85.4 Å². The first-order valence-corrected chi connectivity index (χ1v) is 8.39. The summed E-state index contributed by atoms with van der Waals surface area (Å²) in [5.74, 6) is -0.846. The van der Waals surface area contributed by atoms with Gasteiger partial charge in [-0.1, -0.05) is 37.3 Å². The average Bonchev–Trinajstić information content (AvgIpc) is 2.56. The molecule has 0 heterocycles. The van der Waals surface area contributed by atoms with Gasteiger partial charge in [-0.25, -0.2) is 0 Å². The molecule has 0 aromatic heterocycles. The second-order valence-electron chi connectivity index (χ2n) is 5.34. The van der Waals surface area contributed by atoms with E-state index >= 15 is 0 Å². The average molecular weight is 322 g/mol. The van der Waals surface area contributed by atoms with Gasteiger partial charge in [0.2, 0.25) is 0 Å². The van der Waals surface area contributed by atoms with Crippen LogP contribution < -0.4 is 21.3 Å². The van der Waals surface area contributed by atoms with Crippen LogP contribution in [0.15, 0.2) is 30.3 Å². The third kappa shape index (κ3) is 9.30. The monoisotopic (exact) mass is 322 g/mol. The maximum atomic E-state index is 11.3. The van der Waals surface area contributed by atoms with Crippen molar-refractivity contribution < 1.29 is 9.90 Å². The summed E-state index contributed by atoms with van der Waals surface area (Å²) in [5, 5.41) is 22.3. The number of carbonyl (C=O) groups is 1. The van der Waals surface area contributed by atoms with Gasteiger partial charge < -0.3 is 21.1 Å². The van der Waals surface area contributed by atoms with Gasteiger partial charge in [0, 0.05) is 26.2 Å². The minimum Gasteiger partial charge on any atom is -0.480 e. The number of benzene rings is 1. The maximum absolute atomic E-state index is 11.3. The van der Waals surface area contributed by atoms with Gasteiger partial charge >= 0.3 is 5.97 Å². The summed E-state index contributed by atoms with van der Waals surface area (Å²) in [5.41, 5.74) is 0.782. The molecule has 6 nitrogen and oxygen atoms in total. The van der Waals surface area contributed by atoms with E-state index in [9.17, 15) is 9.90 Å². The Morgan fingerprint density at radius 2 is 1.57 bits per heavy atom. The highest BCUT2D eigenvalue weighted by Gasteiger charge is 2.17. The van der Waals surface area contributed by atoms with Gasteiger partial charge in [-0.05, 0) is 31.6 Å². The minimum absolute atomic E-state index is 0.625. The van der Waals surface area contributed by atoms with Gasteiger partial charge in [0.15, 0.2) is 0 Å². The van der Waals surface area contributed by atoms with E-state index < -0.39 is 12.0 Å². The summed E-state index contributed by atoms with van der Waals surface area (Å²) < 4.78 is 0. The fourth-order valence-electron chi connectivity index (χ4n) is 2.24. The van der Waals surface area contributed by atoms with Crippen molar-refractivity contribution in [3.8, 4) is 0 Å². The van der Waals surface area contributed by atoms with Gasteiger partial charge in [0.25, 0.3) is 0 Å². The van der Waals surface area contributed by atoms with Crippen LogP contribution in [0.3, 0.4) is 0 Å². The van der Waals surface area contributed by atoms with E-state index in [1.54, 1.807) is 0 Å². The van der Waals surface area contributed by atoms with Crippen LogP contribution in [0.25, 0.3) is 0 Å². The number of carboxylic acids is 1. The number of carboxylic acid groups (broad SMARTS) is 1. The van der Waals surface area contributed by atoms with Crippen LogP contribution in [0, 0.1) is 0 Å². The zero-order valence-corrected chi connectivity index (χ0v) is 14.0. The molecular formula is C17H30N4O2. The standard InChI is InChI=1S/C17H30N4O2/c1-2-18-11-12-19-9-6-10-20-13-14-21-16(17(22)23)15-7-4-3-5-8-15/h3-5,7-8,16,18-21H,2,6,9-14H2,1H3,(H,22,23). The molecule has 0 aliphatic carbocycles. The van der Waals surface area contributed by atoms with E-state index in [0.29, 0.717) is 6.54 Å². The van der Waals surface area contributed by atoms with Crippen LogP contribution >= 0.6 is 0 Å². The van der Waals surface area contributed by atoms with Crippen LogP contribution in [-0.2, 0) is 4.79 Å². The van der Waals surface area contributed by atoms with Crippen molar-refractivity contribution in [1.29, 1.82) is 0 Å². The molecule has 1 unspecified atom stereocenters. The van der Waals surface area contributed by atoms with E-state index in [0.717, 1.165) is 51.3 Å². The normalized spacial score (nSPS) is 12.2. The lowest BCUT2D eigenvalue weighted by Gasteiger charge is -2.15. The Kier molecular flexibility index (Phi) is 11.1. The van der Waals surface area contributed by atoms with Crippen LogP contribution in [0.4, 0.5) is 0 Å².